The van der Waals surface area contributed by atoms with Gasteiger partial charge in [0.05, 0.1) is 18.8 Å². The monoisotopic (exact) mass is 277 g/mol. The first-order valence-electron chi connectivity index (χ1n) is 6.02. The number of carbonyl (C=O) groups excluding carboxylic acids is 2. The quantitative estimate of drug-likeness (QED) is 0.277. The van der Waals surface area contributed by atoms with Gasteiger partial charge in [-0.1, -0.05) is 0 Å². The third kappa shape index (κ3) is 6.48. The van der Waals surface area contributed by atoms with Gasteiger partial charge in [0.2, 0.25) is 11.8 Å². The molecule has 0 bridgehead atoms. The molecule has 0 radical (unpaired) electrons. The molecule has 4 atom stereocenters. The first-order valence-corrected chi connectivity index (χ1v) is 6.02. The molecule has 0 saturated heterocycles. The van der Waals surface area contributed by atoms with Crippen molar-refractivity contribution in [2.45, 2.75) is 32.1 Å². The van der Waals surface area contributed by atoms with Gasteiger partial charge >= 0.3 is 0 Å². The zero-order valence-electron chi connectivity index (χ0n) is 11.2. The Morgan fingerprint density at radius 3 is 2.16 bits per heavy atom. The molecule has 0 aliphatic carbocycles. The minimum absolute atomic E-state index is 0.0250. The molecule has 4 unspecified atom stereocenters. The summed E-state index contributed by atoms with van der Waals surface area (Å²) in [4.78, 5) is 22.0. The molecular formula is C11H23N3O5. The highest BCUT2D eigenvalue weighted by Gasteiger charge is 2.32. The molecule has 8 heteroatoms. The van der Waals surface area contributed by atoms with Gasteiger partial charge in [-0.2, -0.15) is 0 Å². The largest absolute Gasteiger partial charge is 0.394 e. The van der Waals surface area contributed by atoms with Crippen molar-refractivity contribution in [1.82, 2.24) is 10.6 Å². The summed E-state index contributed by atoms with van der Waals surface area (Å²) in [6.07, 6.45) is -2.66. The van der Waals surface area contributed by atoms with E-state index in [9.17, 15) is 19.8 Å². The van der Waals surface area contributed by atoms with Gasteiger partial charge in [-0.25, -0.2) is 0 Å². The van der Waals surface area contributed by atoms with Gasteiger partial charge in [-0.3, -0.25) is 9.59 Å². The number of aliphatic hydroxyl groups is 3. The zero-order chi connectivity index (χ0) is 15.0. The second kappa shape index (κ2) is 8.81. The molecule has 112 valence electrons. The lowest BCUT2D eigenvalue weighted by molar-refractivity contribution is -0.122. The normalized spacial score (nSPS) is 17.2. The van der Waals surface area contributed by atoms with Crippen LogP contribution in [0.2, 0.25) is 0 Å². The molecule has 0 aliphatic heterocycles. The molecule has 0 fully saturated rings. The lowest BCUT2D eigenvalue weighted by Crippen LogP contribution is -2.55. The van der Waals surface area contributed by atoms with Gasteiger partial charge in [-0.15, -0.1) is 0 Å². The summed E-state index contributed by atoms with van der Waals surface area (Å²) in [5.74, 6) is -1.33. The van der Waals surface area contributed by atoms with Gasteiger partial charge in [0.1, 0.15) is 6.10 Å². The summed E-state index contributed by atoms with van der Waals surface area (Å²) >= 11 is 0. The van der Waals surface area contributed by atoms with Gasteiger partial charge in [-0.05, 0) is 6.54 Å². The molecule has 19 heavy (non-hydrogen) atoms. The average molecular weight is 277 g/mol. The van der Waals surface area contributed by atoms with E-state index in [1.54, 1.807) is 0 Å². The highest BCUT2D eigenvalue weighted by atomic mass is 16.4. The Hall–Kier alpha value is -1.22. The number of hydrogen-bond donors (Lipinski definition) is 6. The summed E-state index contributed by atoms with van der Waals surface area (Å²) in [6, 6.07) is -0.636. The predicted octanol–water partition coefficient (Wildman–Crippen LogP) is -3.08. The Morgan fingerprint density at radius 1 is 1.21 bits per heavy atom. The van der Waals surface area contributed by atoms with Crippen LogP contribution in [0.25, 0.3) is 0 Å². The minimum atomic E-state index is -1.36. The molecule has 8 nitrogen and oxygen atoms in total. The van der Waals surface area contributed by atoms with Gasteiger partial charge in [0.25, 0.3) is 0 Å². The van der Waals surface area contributed by atoms with Crippen LogP contribution in [-0.2, 0) is 9.59 Å². The second-order valence-corrected chi connectivity index (χ2v) is 4.38. The minimum Gasteiger partial charge on any atom is -0.394 e. The molecular weight excluding hydrogens is 254 g/mol. The summed E-state index contributed by atoms with van der Waals surface area (Å²) in [7, 11) is 0. The van der Waals surface area contributed by atoms with E-state index >= 15 is 0 Å². The van der Waals surface area contributed by atoms with E-state index in [-0.39, 0.29) is 24.9 Å². The maximum absolute atomic E-state index is 11.1. The van der Waals surface area contributed by atoms with E-state index in [4.69, 9.17) is 10.8 Å². The van der Waals surface area contributed by atoms with Crippen molar-refractivity contribution in [3.8, 4) is 0 Å². The Balaban J connectivity index is 4.83. The number of hydrogen-bond acceptors (Lipinski definition) is 6. The van der Waals surface area contributed by atoms with E-state index in [2.05, 4.69) is 10.6 Å². The number of rotatable bonds is 8. The van der Waals surface area contributed by atoms with Gasteiger partial charge in [0.15, 0.2) is 0 Å². The van der Waals surface area contributed by atoms with Crippen LogP contribution in [-0.4, -0.2) is 65.1 Å². The summed E-state index contributed by atoms with van der Waals surface area (Å²) in [6.45, 7) is 2.05. The molecule has 0 aromatic heterocycles. The molecule has 0 aliphatic rings. The number of carbonyl (C=O) groups is 2. The van der Waals surface area contributed by atoms with E-state index in [0.717, 1.165) is 0 Å². The third-order valence-electron chi connectivity index (χ3n) is 2.77. The Kier molecular flexibility index (Phi) is 8.24. The van der Waals surface area contributed by atoms with Crippen LogP contribution in [0.4, 0.5) is 0 Å². The lowest BCUT2D eigenvalue weighted by atomic mass is 9.90. The highest BCUT2D eigenvalue weighted by Crippen LogP contribution is 2.12. The van der Waals surface area contributed by atoms with E-state index in [1.807, 2.05) is 0 Å². The van der Waals surface area contributed by atoms with Crippen molar-refractivity contribution in [2.75, 3.05) is 19.7 Å². The van der Waals surface area contributed by atoms with Crippen LogP contribution in [0, 0.1) is 5.92 Å². The summed E-state index contributed by atoms with van der Waals surface area (Å²) < 4.78 is 0. The molecule has 7 N–H and O–H groups in total. The van der Waals surface area contributed by atoms with Crippen LogP contribution in [0.15, 0.2) is 0 Å². The first-order chi connectivity index (χ1) is 8.83. The molecule has 0 heterocycles. The summed E-state index contributed by atoms with van der Waals surface area (Å²) in [5, 5.41) is 33.2. The Morgan fingerprint density at radius 2 is 1.79 bits per heavy atom. The zero-order valence-corrected chi connectivity index (χ0v) is 11.2. The SMILES string of the molecule is CC(=O)NCC(NC(C)=O)C(CN)C(O)C(O)CO. The van der Waals surface area contributed by atoms with Crippen molar-refractivity contribution in [3.63, 3.8) is 0 Å². The van der Waals surface area contributed by atoms with Crippen LogP contribution in [0.5, 0.6) is 0 Å². The van der Waals surface area contributed by atoms with E-state index in [0.29, 0.717) is 0 Å². The number of nitrogens with two attached hydrogens (primary N) is 1. The standard InChI is InChI=1S/C11H23N3O5/c1-6(16)13-4-9(14-7(2)17)8(3-12)11(19)10(18)5-15/h8-11,15,18-19H,3-5,12H2,1-2H3,(H,13,16)(H,14,17). The fourth-order valence-electron chi connectivity index (χ4n) is 1.76. The third-order valence-corrected chi connectivity index (χ3v) is 2.77. The van der Waals surface area contributed by atoms with Gasteiger partial charge in [0, 0.05) is 26.3 Å². The molecule has 0 spiro atoms. The van der Waals surface area contributed by atoms with Crippen molar-refractivity contribution < 1.29 is 24.9 Å². The van der Waals surface area contributed by atoms with Crippen LogP contribution in [0.3, 0.4) is 0 Å². The van der Waals surface area contributed by atoms with E-state index < -0.39 is 30.8 Å². The number of aliphatic hydroxyl groups excluding tert-OH is 3. The van der Waals surface area contributed by atoms with Crippen molar-refractivity contribution in [3.05, 3.63) is 0 Å². The van der Waals surface area contributed by atoms with Crippen molar-refractivity contribution in [2.24, 2.45) is 11.7 Å². The smallest absolute Gasteiger partial charge is 0.217 e. The number of nitrogens with one attached hydrogen (secondary N) is 2. The van der Waals surface area contributed by atoms with Gasteiger partial charge < -0.3 is 31.7 Å². The fourth-order valence-corrected chi connectivity index (χ4v) is 1.76. The maximum Gasteiger partial charge on any atom is 0.217 e. The van der Waals surface area contributed by atoms with Crippen molar-refractivity contribution in [1.29, 1.82) is 0 Å². The average Bonchev–Trinajstić information content (AvgIpc) is 2.34. The first kappa shape index (κ1) is 17.8. The Bertz CT molecular complexity index is 300. The van der Waals surface area contributed by atoms with Crippen molar-refractivity contribution >= 4 is 11.8 Å². The Labute approximate surface area is 112 Å². The molecule has 0 aromatic carbocycles. The lowest BCUT2D eigenvalue weighted by Gasteiger charge is -2.32. The highest BCUT2D eigenvalue weighted by molar-refractivity contribution is 5.74. The molecule has 2 amide bonds. The number of amides is 2. The van der Waals surface area contributed by atoms with Crippen LogP contribution in [0.1, 0.15) is 13.8 Å². The summed E-state index contributed by atoms with van der Waals surface area (Å²) in [5.41, 5.74) is 5.53. The topological polar surface area (TPSA) is 145 Å². The maximum atomic E-state index is 11.1. The van der Waals surface area contributed by atoms with Crippen LogP contribution >= 0.6 is 0 Å². The predicted molar refractivity (Wildman–Crippen MR) is 67.9 cm³/mol. The second-order valence-electron chi connectivity index (χ2n) is 4.38. The van der Waals surface area contributed by atoms with Crippen LogP contribution < -0.4 is 16.4 Å². The fraction of sp³-hybridized carbons (Fsp3) is 0.818. The molecule has 0 rings (SSSR count). The molecule has 0 aromatic rings. The molecule has 0 saturated carbocycles. The van der Waals surface area contributed by atoms with E-state index in [1.165, 1.54) is 13.8 Å².